The van der Waals surface area contributed by atoms with Crippen molar-refractivity contribution >= 4 is 0 Å². The molecule has 0 aliphatic carbocycles. The Morgan fingerprint density at radius 3 is 2.25 bits per heavy atom. The van der Waals surface area contributed by atoms with E-state index < -0.39 is 0 Å². The molecule has 0 spiro atoms. The first-order valence-electron chi connectivity index (χ1n) is 7.05. The first-order chi connectivity index (χ1) is 9.60. The third-order valence-electron chi connectivity index (χ3n) is 3.63. The smallest absolute Gasteiger partial charge is 0.186 e. The number of aryl methyl sites for hydroxylation is 2. The highest BCUT2D eigenvalue weighted by Crippen LogP contribution is 2.27. The Bertz CT molecular complexity index is 625. The Morgan fingerprint density at radius 2 is 1.75 bits per heavy atom. The van der Waals surface area contributed by atoms with Gasteiger partial charge in [0, 0.05) is 5.92 Å². The molecule has 0 saturated carbocycles. The molecule has 2 aromatic rings. The fraction of sp³-hybridized carbons (Fsp3) is 0.438. The summed E-state index contributed by atoms with van der Waals surface area (Å²) in [5, 5.41) is 17.5. The molecule has 0 fully saturated rings. The topological polar surface area (TPSA) is 54.5 Å². The van der Waals surface area contributed by atoms with Gasteiger partial charge in [0.25, 0.3) is 0 Å². The van der Waals surface area contributed by atoms with Crippen molar-refractivity contribution in [3.63, 3.8) is 0 Å². The lowest BCUT2D eigenvalue weighted by molar-refractivity contribution is 0.594. The van der Waals surface area contributed by atoms with Crippen LogP contribution in [0.4, 0.5) is 0 Å². The maximum absolute atomic E-state index is 9.26. The molecule has 104 valence electrons. The largest absolute Gasteiger partial charge is 0.216 e. The van der Waals surface area contributed by atoms with Gasteiger partial charge in [-0.25, -0.2) is 4.68 Å². The van der Waals surface area contributed by atoms with Crippen LogP contribution in [0.5, 0.6) is 0 Å². The standard InChI is InChI=1S/C16H20N4/c1-5-13(6-2)16-15(10-17)18-19-20(16)14-8-11(3)7-12(4)9-14/h7-9,13H,5-6H2,1-4H3. The van der Waals surface area contributed by atoms with Gasteiger partial charge in [0.15, 0.2) is 5.69 Å². The number of nitrogens with zero attached hydrogens (tertiary/aromatic N) is 4. The number of rotatable bonds is 4. The maximum atomic E-state index is 9.26. The number of benzene rings is 1. The van der Waals surface area contributed by atoms with E-state index in [1.165, 1.54) is 11.1 Å². The van der Waals surface area contributed by atoms with Gasteiger partial charge in [0.05, 0.1) is 11.4 Å². The van der Waals surface area contributed by atoms with Crippen molar-refractivity contribution in [3.05, 3.63) is 40.7 Å². The summed E-state index contributed by atoms with van der Waals surface area (Å²) in [6, 6.07) is 8.45. The van der Waals surface area contributed by atoms with Crippen molar-refractivity contribution < 1.29 is 0 Å². The van der Waals surface area contributed by atoms with Crippen LogP contribution in [0.15, 0.2) is 18.2 Å². The fourth-order valence-corrected chi connectivity index (χ4v) is 2.67. The van der Waals surface area contributed by atoms with Crippen LogP contribution in [0.2, 0.25) is 0 Å². The van der Waals surface area contributed by atoms with Crippen molar-refractivity contribution in [1.82, 2.24) is 15.0 Å². The van der Waals surface area contributed by atoms with E-state index in [0.717, 1.165) is 24.2 Å². The van der Waals surface area contributed by atoms with Crippen LogP contribution in [0.1, 0.15) is 55.1 Å². The van der Waals surface area contributed by atoms with Crippen LogP contribution >= 0.6 is 0 Å². The van der Waals surface area contributed by atoms with E-state index in [9.17, 15) is 5.26 Å². The lowest BCUT2D eigenvalue weighted by atomic mass is 9.97. The van der Waals surface area contributed by atoms with Gasteiger partial charge < -0.3 is 0 Å². The molecule has 4 heteroatoms. The van der Waals surface area contributed by atoms with E-state index in [-0.39, 0.29) is 0 Å². The van der Waals surface area contributed by atoms with E-state index in [1.807, 2.05) is 4.68 Å². The second kappa shape index (κ2) is 5.87. The van der Waals surface area contributed by atoms with Crippen molar-refractivity contribution in [2.24, 2.45) is 0 Å². The number of hydrogen-bond donors (Lipinski definition) is 0. The zero-order valence-corrected chi connectivity index (χ0v) is 12.5. The zero-order valence-electron chi connectivity index (χ0n) is 12.5. The summed E-state index contributed by atoms with van der Waals surface area (Å²) in [6.07, 6.45) is 1.95. The van der Waals surface area contributed by atoms with Crippen molar-refractivity contribution in [2.45, 2.75) is 46.5 Å². The van der Waals surface area contributed by atoms with E-state index >= 15 is 0 Å². The summed E-state index contributed by atoms with van der Waals surface area (Å²) >= 11 is 0. The van der Waals surface area contributed by atoms with Gasteiger partial charge in [-0.3, -0.25) is 0 Å². The highest BCUT2D eigenvalue weighted by Gasteiger charge is 2.21. The average Bonchev–Trinajstić information content (AvgIpc) is 2.83. The summed E-state index contributed by atoms with van der Waals surface area (Å²) in [4.78, 5) is 0. The summed E-state index contributed by atoms with van der Waals surface area (Å²) < 4.78 is 1.83. The zero-order chi connectivity index (χ0) is 14.7. The Balaban J connectivity index is 2.63. The molecular weight excluding hydrogens is 248 g/mol. The van der Waals surface area contributed by atoms with Gasteiger partial charge in [-0.15, -0.1) is 5.10 Å². The molecule has 0 aliphatic rings. The molecule has 0 atom stereocenters. The predicted octanol–water partition coefficient (Wildman–Crippen LogP) is 3.66. The van der Waals surface area contributed by atoms with Gasteiger partial charge in [-0.05, 0) is 49.9 Å². The number of nitriles is 1. The van der Waals surface area contributed by atoms with Gasteiger partial charge in [-0.2, -0.15) is 5.26 Å². The SMILES string of the molecule is CCC(CC)c1c(C#N)nnn1-c1cc(C)cc(C)c1. The van der Waals surface area contributed by atoms with E-state index in [2.05, 4.69) is 62.3 Å². The van der Waals surface area contributed by atoms with Gasteiger partial charge in [-0.1, -0.05) is 25.1 Å². The van der Waals surface area contributed by atoms with E-state index in [1.54, 1.807) is 0 Å². The molecule has 4 nitrogen and oxygen atoms in total. The summed E-state index contributed by atoms with van der Waals surface area (Å²) in [5.74, 6) is 0.306. The van der Waals surface area contributed by atoms with Gasteiger partial charge in [0.2, 0.25) is 0 Å². The highest BCUT2D eigenvalue weighted by molar-refractivity contribution is 5.42. The molecule has 0 bridgehead atoms. The molecule has 0 saturated heterocycles. The van der Waals surface area contributed by atoms with Crippen molar-refractivity contribution in [1.29, 1.82) is 5.26 Å². The summed E-state index contributed by atoms with van der Waals surface area (Å²) in [6.45, 7) is 8.40. The Kier molecular flexibility index (Phi) is 4.19. The quantitative estimate of drug-likeness (QED) is 0.850. The monoisotopic (exact) mass is 268 g/mol. The Hall–Kier alpha value is -2.15. The van der Waals surface area contributed by atoms with E-state index in [0.29, 0.717) is 11.6 Å². The molecule has 2 rings (SSSR count). The minimum atomic E-state index is 0.306. The molecule has 0 aliphatic heterocycles. The van der Waals surface area contributed by atoms with Crippen molar-refractivity contribution in [3.8, 4) is 11.8 Å². The lowest BCUT2D eigenvalue weighted by Crippen LogP contribution is -2.08. The number of hydrogen-bond acceptors (Lipinski definition) is 3. The first-order valence-corrected chi connectivity index (χ1v) is 7.05. The van der Waals surface area contributed by atoms with Crippen LogP contribution in [0.3, 0.4) is 0 Å². The van der Waals surface area contributed by atoms with Crippen molar-refractivity contribution in [2.75, 3.05) is 0 Å². The predicted molar refractivity (Wildman–Crippen MR) is 78.9 cm³/mol. The van der Waals surface area contributed by atoms with Crippen LogP contribution in [0, 0.1) is 25.2 Å². The van der Waals surface area contributed by atoms with Crippen LogP contribution in [-0.4, -0.2) is 15.0 Å². The molecule has 0 radical (unpaired) electrons. The maximum Gasteiger partial charge on any atom is 0.186 e. The molecule has 1 aromatic heterocycles. The molecule has 0 amide bonds. The molecule has 1 aromatic carbocycles. The normalized spacial score (nSPS) is 10.8. The third-order valence-corrected chi connectivity index (χ3v) is 3.63. The summed E-state index contributed by atoms with van der Waals surface area (Å²) in [7, 11) is 0. The second-order valence-electron chi connectivity index (χ2n) is 5.21. The molecule has 20 heavy (non-hydrogen) atoms. The Labute approximate surface area is 120 Å². The van der Waals surface area contributed by atoms with E-state index in [4.69, 9.17) is 0 Å². The lowest BCUT2D eigenvalue weighted by Gasteiger charge is -2.15. The minimum Gasteiger partial charge on any atom is -0.216 e. The first kappa shape index (κ1) is 14.3. The van der Waals surface area contributed by atoms with Crippen LogP contribution in [-0.2, 0) is 0 Å². The van der Waals surface area contributed by atoms with Gasteiger partial charge >= 0.3 is 0 Å². The Morgan fingerprint density at radius 1 is 1.15 bits per heavy atom. The molecule has 1 heterocycles. The molecular formula is C16H20N4. The second-order valence-corrected chi connectivity index (χ2v) is 5.21. The molecule has 0 N–H and O–H groups in total. The molecule has 0 unspecified atom stereocenters. The third kappa shape index (κ3) is 2.57. The summed E-state index contributed by atoms with van der Waals surface area (Å²) in [5.41, 5.74) is 4.73. The number of aromatic nitrogens is 3. The average molecular weight is 268 g/mol. The fourth-order valence-electron chi connectivity index (χ4n) is 2.67. The minimum absolute atomic E-state index is 0.306. The van der Waals surface area contributed by atoms with Gasteiger partial charge in [0.1, 0.15) is 6.07 Å². The van der Waals surface area contributed by atoms with Crippen LogP contribution < -0.4 is 0 Å². The highest BCUT2D eigenvalue weighted by atomic mass is 15.4. The van der Waals surface area contributed by atoms with Crippen LogP contribution in [0.25, 0.3) is 5.69 Å².